The molecule has 0 heterocycles. The minimum absolute atomic E-state index is 0.341. The second kappa shape index (κ2) is 5.55. The van der Waals surface area contributed by atoms with Crippen molar-refractivity contribution in [1.29, 1.82) is 5.26 Å². The second-order valence-electron chi connectivity index (χ2n) is 4.45. The van der Waals surface area contributed by atoms with Crippen molar-refractivity contribution in [2.75, 3.05) is 0 Å². The van der Waals surface area contributed by atoms with Crippen molar-refractivity contribution in [1.82, 2.24) is 0 Å². The molecule has 21 heavy (non-hydrogen) atoms. The third-order valence-electron chi connectivity index (χ3n) is 3.12. The summed E-state index contributed by atoms with van der Waals surface area (Å²) in [4.78, 5) is 0. The average molecular weight is 342 g/mol. The van der Waals surface area contributed by atoms with Crippen molar-refractivity contribution in [3.63, 3.8) is 0 Å². The van der Waals surface area contributed by atoms with Gasteiger partial charge in [-0.05, 0) is 46.3 Å². The van der Waals surface area contributed by atoms with Crippen LogP contribution in [0.5, 0.6) is 11.5 Å². The highest BCUT2D eigenvalue weighted by Gasteiger charge is 2.08. The molecule has 0 aliphatic carbocycles. The number of hydrogen-bond donors (Lipinski definition) is 0. The monoisotopic (exact) mass is 341 g/mol. The van der Waals surface area contributed by atoms with E-state index in [2.05, 4.69) is 22.0 Å². The Morgan fingerprint density at radius 3 is 2.48 bits per heavy atom. The molecular weight excluding hydrogens is 333 g/mol. The molecule has 0 saturated heterocycles. The quantitative estimate of drug-likeness (QED) is 0.624. The molecule has 0 N–H and O–H groups in total. The van der Waals surface area contributed by atoms with Crippen LogP contribution in [0.4, 0.5) is 4.39 Å². The van der Waals surface area contributed by atoms with Crippen LogP contribution in [0.3, 0.4) is 0 Å². The van der Waals surface area contributed by atoms with Crippen molar-refractivity contribution in [3.8, 4) is 17.6 Å². The standard InChI is InChI=1S/C17H9BrFNO/c18-15-9-12(6-7-16(15)19)21-17-8-5-11(10-20)13-3-1-2-4-14(13)17/h1-9H. The summed E-state index contributed by atoms with van der Waals surface area (Å²) in [5.41, 5.74) is 0.596. The average Bonchev–Trinajstić information content (AvgIpc) is 2.51. The van der Waals surface area contributed by atoms with E-state index in [-0.39, 0.29) is 5.82 Å². The lowest BCUT2D eigenvalue weighted by molar-refractivity contribution is 0.485. The number of benzene rings is 3. The molecule has 0 unspecified atom stereocenters. The fourth-order valence-electron chi connectivity index (χ4n) is 2.13. The molecule has 0 aromatic heterocycles. The van der Waals surface area contributed by atoms with Gasteiger partial charge < -0.3 is 4.74 Å². The lowest BCUT2D eigenvalue weighted by atomic mass is 10.0. The molecule has 0 bridgehead atoms. The summed E-state index contributed by atoms with van der Waals surface area (Å²) >= 11 is 3.13. The topological polar surface area (TPSA) is 33.0 Å². The Hall–Kier alpha value is -2.38. The summed E-state index contributed by atoms with van der Waals surface area (Å²) < 4.78 is 19.4. The number of nitrogens with zero attached hydrogens (tertiary/aromatic N) is 1. The fraction of sp³-hybridized carbons (Fsp3) is 0. The summed E-state index contributed by atoms with van der Waals surface area (Å²) in [5, 5.41) is 10.8. The minimum Gasteiger partial charge on any atom is -0.457 e. The number of fused-ring (bicyclic) bond motifs is 1. The Labute approximate surface area is 129 Å². The van der Waals surface area contributed by atoms with Gasteiger partial charge in [0, 0.05) is 10.8 Å². The van der Waals surface area contributed by atoms with Gasteiger partial charge in [-0.25, -0.2) is 4.39 Å². The molecule has 2 nitrogen and oxygen atoms in total. The molecule has 0 radical (unpaired) electrons. The normalized spacial score (nSPS) is 10.3. The van der Waals surface area contributed by atoms with Gasteiger partial charge in [0.15, 0.2) is 0 Å². The van der Waals surface area contributed by atoms with E-state index in [4.69, 9.17) is 10.00 Å². The van der Waals surface area contributed by atoms with E-state index < -0.39 is 0 Å². The van der Waals surface area contributed by atoms with Crippen LogP contribution in [0.25, 0.3) is 10.8 Å². The maximum absolute atomic E-state index is 13.3. The van der Waals surface area contributed by atoms with Crippen LogP contribution in [-0.2, 0) is 0 Å². The van der Waals surface area contributed by atoms with Gasteiger partial charge in [-0.3, -0.25) is 0 Å². The zero-order valence-corrected chi connectivity index (χ0v) is 12.4. The predicted octanol–water partition coefficient (Wildman–Crippen LogP) is 5.41. The number of hydrogen-bond acceptors (Lipinski definition) is 2. The number of nitriles is 1. The third kappa shape index (κ3) is 2.61. The fourth-order valence-corrected chi connectivity index (χ4v) is 2.48. The summed E-state index contributed by atoms with van der Waals surface area (Å²) in [5.74, 6) is 0.813. The highest BCUT2D eigenvalue weighted by Crippen LogP contribution is 2.33. The number of ether oxygens (including phenoxy) is 1. The molecule has 3 rings (SSSR count). The summed E-state index contributed by atoms with van der Waals surface area (Å²) in [6, 6.07) is 17.6. The SMILES string of the molecule is N#Cc1ccc(Oc2ccc(F)c(Br)c2)c2ccccc12. The van der Waals surface area contributed by atoms with Crippen molar-refractivity contribution >= 4 is 26.7 Å². The molecule has 102 valence electrons. The van der Waals surface area contributed by atoms with E-state index in [9.17, 15) is 4.39 Å². The minimum atomic E-state index is -0.341. The van der Waals surface area contributed by atoms with Crippen molar-refractivity contribution in [2.24, 2.45) is 0 Å². The zero-order valence-electron chi connectivity index (χ0n) is 10.8. The van der Waals surface area contributed by atoms with Gasteiger partial charge in [-0.2, -0.15) is 5.26 Å². The number of rotatable bonds is 2. The Balaban J connectivity index is 2.09. The lowest BCUT2D eigenvalue weighted by Crippen LogP contribution is -1.89. The number of halogens is 2. The molecule has 3 aromatic rings. The van der Waals surface area contributed by atoms with Crippen molar-refractivity contribution in [3.05, 3.63) is 70.5 Å². The summed E-state index contributed by atoms with van der Waals surface area (Å²) in [6.07, 6.45) is 0. The van der Waals surface area contributed by atoms with Crippen LogP contribution in [0.1, 0.15) is 5.56 Å². The molecule has 0 aliphatic heterocycles. The highest BCUT2D eigenvalue weighted by atomic mass is 79.9. The summed E-state index contributed by atoms with van der Waals surface area (Å²) in [7, 11) is 0. The van der Waals surface area contributed by atoms with Gasteiger partial charge in [-0.15, -0.1) is 0 Å². The van der Waals surface area contributed by atoms with Crippen LogP contribution in [0, 0.1) is 17.1 Å². The van der Waals surface area contributed by atoms with Crippen LogP contribution in [-0.4, -0.2) is 0 Å². The van der Waals surface area contributed by atoms with E-state index in [1.807, 2.05) is 24.3 Å². The van der Waals surface area contributed by atoms with E-state index >= 15 is 0 Å². The van der Waals surface area contributed by atoms with Gasteiger partial charge >= 0.3 is 0 Å². The molecule has 3 aromatic carbocycles. The van der Waals surface area contributed by atoms with Crippen LogP contribution in [0.2, 0.25) is 0 Å². The van der Waals surface area contributed by atoms with Crippen LogP contribution >= 0.6 is 15.9 Å². The molecule has 0 amide bonds. The van der Waals surface area contributed by atoms with Gasteiger partial charge in [0.05, 0.1) is 16.1 Å². The van der Waals surface area contributed by atoms with Gasteiger partial charge in [0.2, 0.25) is 0 Å². The molecule has 0 saturated carbocycles. The first-order valence-electron chi connectivity index (χ1n) is 6.24. The van der Waals surface area contributed by atoms with Crippen molar-refractivity contribution in [2.45, 2.75) is 0 Å². The molecule has 4 heteroatoms. The Morgan fingerprint density at radius 2 is 1.76 bits per heavy atom. The molecule has 0 fully saturated rings. The van der Waals surface area contributed by atoms with Gasteiger partial charge in [0.25, 0.3) is 0 Å². The first kappa shape index (κ1) is 13.6. The van der Waals surface area contributed by atoms with E-state index in [1.54, 1.807) is 24.3 Å². The van der Waals surface area contributed by atoms with E-state index in [0.29, 0.717) is 21.5 Å². The lowest BCUT2D eigenvalue weighted by Gasteiger charge is -2.10. The van der Waals surface area contributed by atoms with Gasteiger partial charge in [-0.1, -0.05) is 24.3 Å². The highest BCUT2D eigenvalue weighted by molar-refractivity contribution is 9.10. The zero-order chi connectivity index (χ0) is 14.8. The maximum Gasteiger partial charge on any atom is 0.137 e. The van der Waals surface area contributed by atoms with E-state index in [0.717, 1.165) is 10.8 Å². The first-order chi connectivity index (χ1) is 10.2. The molecule has 0 atom stereocenters. The second-order valence-corrected chi connectivity index (χ2v) is 5.30. The largest absolute Gasteiger partial charge is 0.457 e. The smallest absolute Gasteiger partial charge is 0.137 e. The first-order valence-corrected chi connectivity index (χ1v) is 7.03. The van der Waals surface area contributed by atoms with Gasteiger partial charge in [0.1, 0.15) is 17.3 Å². The van der Waals surface area contributed by atoms with Crippen LogP contribution in [0.15, 0.2) is 59.1 Å². The van der Waals surface area contributed by atoms with E-state index in [1.165, 1.54) is 6.07 Å². The summed E-state index contributed by atoms with van der Waals surface area (Å²) in [6.45, 7) is 0. The Bertz CT molecular complexity index is 870. The Kier molecular flexibility index (Phi) is 3.59. The maximum atomic E-state index is 13.3. The molecular formula is C17H9BrFNO. The predicted molar refractivity (Wildman–Crippen MR) is 82.8 cm³/mol. The molecule has 0 aliphatic rings. The molecule has 0 spiro atoms. The van der Waals surface area contributed by atoms with Crippen molar-refractivity contribution < 1.29 is 9.13 Å². The van der Waals surface area contributed by atoms with Crippen LogP contribution < -0.4 is 4.74 Å². The third-order valence-corrected chi connectivity index (χ3v) is 3.73. The Morgan fingerprint density at radius 1 is 1.00 bits per heavy atom.